The van der Waals surface area contributed by atoms with Gasteiger partial charge in [-0.15, -0.1) is 0 Å². The van der Waals surface area contributed by atoms with Crippen LogP contribution in [-0.4, -0.2) is 14.8 Å². The van der Waals surface area contributed by atoms with Gasteiger partial charge in [0.25, 0.3) is 0 Å². The molecule has 3 rings (SSSR count). The third kappa shape index (κ3) is 3.09. The molecular weight excluding hydrogens is 286 g/mol. The van der Waals surface area contributed by atoms with Gasteiger partial charge >= 0.3 is 0 Å². The molecule has 2 aromatic carbocycles. The lowest BCUT2D eigenvalue weighted by atomic mass is 10.0. The number of aromatic nitrogens is 1. The van der Waals surface area contributed by atoms with Gasteiger partial charge in [-0.2, -0.15) is 0 Å². The summed E-state index contributed by atoms with van der Waals surface area (Å²) in [7, 11) is 0. The fourth-order valence-corrected chi connectivity index (χ4v) is 3.01. The topological polar surface area (TPSA) is 45.4 Å². The molecule has 1 heterocycles. The highest BCUT2D eigenvalue weighted by atomic mass is 16.3. The van der Waals surface area contributed by atoms with E-state index < -0.39 is 0 Å². The Morgan fingerprint density at radius 2 is 1.39 bits per heavy atom. The van der Waals surface area contributed by atoms with E-state index in [-0.39, 0.29) is 11.8 Å². The zero-order chi connectivity index (χ0) is 16.6. The highest BCUT2D eigenvalue weighted by molar-refractivity contribution is 5.49. The molecule has 3 nitrogen and oxygen atoms in total. The molecule has 0 bridgehead atoms. The molecule has 0 radical (unpaired) electrons. The Morgan fingerprint density at radius 3 is 2.00 bits per heavy atom. The Labute approximate surface area is 136 Å². The summed E-state index contributed by atoms with van der Waals surface area (Å²) in [6.07, 6.45) is 0.584. The summed E-state index contributed by atoms with van der Waals surface area (Å²) in [6.45, 7) is 6.13. The molecule has 0 aliphatic carbocycles. The molecule has 1 aromatic heterocycles. The molecule has 0 spiro atoms. The van der Waals surface area contributed by atoms with E-state index in [1.165, 1.54) is 15.7 Å². The van der Waals surface area contributed by atoms with Crippen molar-refractivity contribution in [2.75, 3.05) is 0 Å². The van der Waals surface area contributed by atoms with E-state index in [2.05, 4.69) is 32.0 Å². The first-order valence-corrected chi connectivity index (χ1v) is 7.71. The first kappa shape index (κ1) is 15.2. The number of benzene rings is 2. The highest BCUT2D eigenvalue weighted by Crippen LogP contribution is 2.33. The van der Waals surface area contributed by atoms with E-state index >= 15 is 0 Å². The van der Waals surface area contributed by atoms with Crippen LogP contribution >= 0.6 is 0 Å². The van der Waals surface area contributed by atoms with Crippen molar-refractivity contribution >= 4 is 0 Å². The fourth-order valence-electron chi connectivity index (χ4n) is 3.01. The van der Waals surface area contributed by atoms with Crippen LogP contribution in [0.3, 0.4) is 0 Å². The predicted octanol–water partition coefficient (Wildman–Crippen LogP) is 4.40. The number of rotatable bonds is 3. The average Bonchev–Trinajstić information content (AvgIpc) is 2.74. The van der Waals surface area contributed by atoms with Gasteiger partial charge in [0.05, 0.1) is 5.69 Å². The van der Waals surface area contributed by atoms with Crippen LogP contribution in [0.4, 0.5) is 0 Å². The first-order chi connectivity index (χ1) is 10.9. The lowest BCUT2D eigenvalue weighted by molar-refractivity contribution is 0.401. The van der Waals surface area contributed by atoms with Crippen molar-refractivity contribution in [1.82, 2.24) is 4.57 Å². The normalized spacial score (nSPS) is 10.9. The molecule has 0 aliphatic heterocycles. The third-order valence-corrected chi connectivity index (χ3v) is 4.00. The Kier molecular flexibility index (Phi) is 3.87. The Bertz CT molecular complexity index is 825. The molecule has 0 saturated carbocycles. The van der Waals surface area contributed by atoms with Crippen LogP contribution in [0.1, 0.15) is 27.8 Å². The monoisotopic (exact) mass is 307 g/mol. The second kappa shape index (κ2) is 5.84. The lowest BCUT2D eigenvalue weighted by Gasteiger charge is -2.08. The molecule has 0 unspecified atom stereocenters. The molecule has 0 fully saturated rings. The molecule has 3 heteroatoms. The van der Waals surface area contributed by atoms with Crippen LogP contribution < -0.4 is 0 Å². The van der Waals surface area contributed by atoms with Gasteiger partial charge in [-0.3, -0.25) is 4.57 Å². The first-order valence-electron chi connectivity index (χ1n) is 7.71. The molecular formula is C20H21NO2. The van der Waals surface area contributed by atoms with Crippen LogP contribution in [0.2, 0.25) is 0 Å². The van der Waals surface area contributed by atoms with E-state index in [9.17, 15) is 10.2 Å². The second-order valence-electron chi connectivity index (χ2n) is 6.20. The maximum absolute atomic E-state index is 10.5. The largest absolute Gasteiger partial charge is 0.494 e. The Morgan fingerprint density at radius 1 is 0.783 bits per heavy atom. The van der Waals surface area contributed by atoms with E-state index in [4.69, 9.17) is 0 Å². The molecule has 0 atom stereocenters. The van der Waals surface area contributed by atoms with Crippen molar-refractivity contribution < 1.29 is 10.2 Å². The second-order valence-corrected chi connectivity index (χ2v) is 6.20. The van der Waals surface area contributed by atoms with Crippen LogP contribution in [0.25, 0.3) is 5.69 Å². The summed E-state index contributed by atoms with van der Waals surface area (Å²) in [4.78, 5) is 0. The fraction of sp³-hybridized carbons (Fsp3) is 0.200. The summed E-state index contributed by atoms with van der Waals surface area (Å²) in [5.41, 5.74) is 6.11. The standard InChI is InChI=1S/C20H21NO2/c1-13-4-6-18(7-5-13)21-19(22)12-17(20(21)23)11-16-9-14(2)8-15(3)10-16/h4-10,12,22-23H,11H2,1-3H3. The zero-order valence-electron chi connectivity index (χ0n) is 13.7. The van der Waals surface area contributed by atoms with Gasteiger partial charge < -0.3 is 10.2 Å². The van der Waals surface area contributed by atoms with Crippen molar-refractivity contribution in [3.05, 3.63) is 76.3 Å². The molecule has 0 saturated heterocycles. The molecule has 0 aliphatic rings. The molecule has 0 amide bonds. The maximum Gasteiger partial charge on any atom is 0.202 e. The minimum atomic E-state index is 0.0470. The Hall–Kier alpha value is -2.68. The minimum absolute atomic E-state index is 0.0470. The van der Waals surface area contributed by atoms with Gasteiger partial charge in [0, 0.05) is 18.1 Å². The van der Waals surface area contributed by atoms with Crippen molar-refractivity contribution in [2.24, 2.45) is 0 Å². The molecule has 3 aromatic rings. The van der Waals surface area contributed by atoms with Crippen LogP contribution in [0.5, 0.6) is 11.8 Å². The van der Waals surface area contributed by atoms with Gasteiger partial charge in [0.2, 0.25) is 5.88 Å². The average molecular weight is 307 g/mol. The maximum atomic E-state index is 10.5. The SMILES string of the molecule is Cc1ccc(-n2c(O)cc(Cc3cc(C)cc(C)c3)c2O)cc1. The predicted molar refractivity (Wildman–Crippen MR) is 92.6 cm³/mol. The van der Waals surface area contributed by atoms with Crippen LogP contribution in [0.15, 0.2) is 48.5 Å². The number of aryl methyl sites for hydroxylation is 3. The highest BCUT2D eigenvalue weighted by Gasteiger charge is 2.15. The van der Waals surface area contributed by atoms with E-state index in [1.54, 1.807) is 6.07 Å². The smallest absolute Gasteiger partial charge is 0.202 e. The van der Waals surface area contributed by atoms with Gasteiger partial charge in [0.1, 0.15) is 0 Å². The third-order valence-electron chi connectivity index (χ3n) is 4.00. The van der Waals surface area contributed by atoms with E-state index in [1.807, 2.05) is 31.2 Å². The summed E-state index contributed by atoms with van der Waals surface area (Å²) in [5.74, 6) is 0.135. The number of nitrogens with zero attached hydrogens (tertiary/aromatic N) is 1. The molecule has 23 heavy (non-hydrogen) atoms. The summed E-state index contributed by atoms with van der Waals surface area (Å²) in [5, 5.41) is 20.8. The molecule has 118 valence electrons. The van der Waals surface area contributed by atoms with Crippen molar-refractivity contribution in [1.29, 1.82) is 0 Å². The number of hydrogen-bond donors (Lipinski definition) is 2. The quantitative estimate of drug-likeness (QED) is 0.753. The van der Waals surface area contributed by atoms with Crippen molar-refractivity contribution in [3.8, 4) is 17.4 Å². The van der Waals surface area contributed by atoms with Crippen molar-refractivity contribution in [3.63, 3.8) is 0 Å². The van der Waals surface area contributed by atoms with Crippen LogP contribution in [0, 0.1) is 20.8 Å². The van der Waals surface area contributed by atoms with Crippen molar-refractivity contribution in [2.45, 2.75) is 27.2 Å². The van der Waals surface area contributed by atoms with Gasteiger partial charge in [-0.05, 0) is 38.5 Å². The van der Waals surface area contributed by atoms with Gasteiger partial charge in [-0.1, -0.05) is 47.0 Å². The minimum Gasteiger partial charge on any atom is -0.494 e. The Balaban J connectivity index is 1.99. The number of aromatic hydroxyl groups is 2. The van der Waals surface area contributed by atoms with Crippen LogP contribution in [-0.2, 0) is 6.42 Å². The number of hydrogen-bond acceptors (Lipinski definition) is 2. The molecule has 2 N–H and O–H groups in total. The lowest BCUT2D eigenvalue weighted by Crippen LogP contribution is -1.94. The van der Waals surface area contributed by atoms with Gasteiger partial charge in [-0.25, -0.2) is 0 Å². The summed E-state index contributed by atoms with van der Waals surface area (Å²) < 4.78 is 1.47. The van der Waals surface area contributed by atoms with E-state index in [0.717, 1.165) is 16.8 Å². The summed E-state index contributed by atoms with van der Waals surface area (Å²) in [6, 6.07) is 15.6. The summed E-state index contributed by atoms with van der Waals surface area (Å²) >= 11 is 0. The van der Waals surface area contributed by atoms with E-state index in [0.29, 0.717) is 12.0 Å². The van der Waals surface area contributed by atoms with Gasteiger partial charge in [0.15, 0.2) is 5.88 Å². The zero-order valence-corrected chi connectivity index (χ0v) is 13.7.